The van der Waals surface area contributed by atoms with Gasteiger partial charge < -0.3 is 29.2 Å². The lowest BCUT2D eigenvalue weighted by Gasteiger charge is -2.53. The highest BCUT2D eigenvalue weighted by molar-refractivity contribution is 6.23. The Hall–Kier alpha value is -5.60. The second kappa shape index (κ2) is 16.0. The van der Waals surface area contributed by atoms with Crippen molar-refractivity contribution in [3.8, 4) is 22.6 Å². The molecule has 3 aliphatic heterocycles. The number of fused-ring (bicyclic) bond motifs is 2. The molecule has 4 aliphatic rings. The number of ether oxygens (including phenoxy) is 2. The zero-order valence-corrected chi connectivity index (χ0v) is 33.6. The van der Waals surface area contributed by atoms with E-state index in [9.17, 15) is 24.0 Å². The van der Waals surface area contributed by atoms with Gasteiger partial charge in [-0.3, -0.25) is 39.2 Å². The summed E-state index contributed by atoms with van der Waals surface area (Å²) < 4.78 is 13.4. The lowest BCUT2D eigenvalue weighted by atomic mass is 9.60. The Morgan fingerprint density at radius 2 is 1.64 bits per heavy atom. The fourth-order valence-corrected chi connectivity index (χ4v) is 9.43. The first kappa shape index (κ1) is 39.2. The van der Waals surface area contributed by atoms with Gasteiger partial charge in [0, 0.05) is 69.0 Å². The van der Waals surface area contributed by atoms with Crippen LogP contribution in [0.2, 0.25) is 0 Å². The minimum atomic E-state index is -0.962. The highest BCUT2D eigenvalue weighted by Crippen LogP contribution is 2.50. The Kier molecular flexibility index (Phi) is 10.8. The van der Waals surface area contributed by atoms with Crippen molar-refractivity contribution in [2.45, 2.75) is 70.0 Å². The summed E-state index contributed by atoms with van der Waals surface area (Å²) in [5.74, 6) is -0.456. The molecule has 1 unspecified atom stereocenters. The lowest BCUT2D eigenvalue weighted by molar-refractivity contribution is -0.136. The van der Waals surface area contributed by atoms with E-state index in [0.29, 0.717) is 34.5 Å². The van der Waals surface area contributed by atoms with Gasteiger partial charge in [0.15, 0.2) is 0 Å². The number of nitrogens with zero attached hydrogens (tertiary/aromatic N) is 5. The van der Waals surface area contributed by atoms with Gasteiger partial charge in [-0.25, -0.2) is 0 Å². The van der Waals surface area contributed by atoms with Crippen LogP contribution >= 0.6 is 0 Å². The molecule has 5 heterocycles. The fourth-order valence-electron chi connectivity index (χ4n) is 9.43. The number of pyridine rings is 2. The van der Waals surface area contributed by atoms with E-state index in [4.69, 9.17) is 9.47 Å². The normalized spacial score (nSPS) is 19.2. The molecule has 8 rings (SSSR count). The number of aromatic nitrogens is 2. The predicted molar refractivity (Wildman–Crippen MR) is 219 cm³/mol. The second-order valence-electron chi connectivity index (χ2n) is 16.4. The summed E-state index contributed by atoms with van der Waals surface area (Å²) in [6.45, 7) is 4.34. The number of hydrogen-bond acceptors (Lipinski definition) is 11. The Labute approximate surface area is 337 Å². The summed E-state index contributed by atoms with van der Waals surface area (Å²) in [4.78, 5) is 73.1. The molecule has 304 valence electrons. The standard InChI is InChI=1S/C44H51N7O7/c1-48(25-35-37(57-3)19-27(20-38(35)58-4)34-26-49(2)41(54)33-24-45-15-11-30(33)34)16-6-5-14-46-28-22-44(23-28)12-17-50(18-13-44)29-7-8-31-32(21-29)43(56)51(42(31)55)36-9-10-39(52)47-40(36)53/h7-8,11,15,19-21,24,26,28,36,46H,5-6,9-10,12-14,16-18,22-23,25H2,1-4H3,(H,47,52,53). The van der Waals surface area contributed by atoms with Crippen LogP contribution in [0.1, 0.15) is 77.6 Å². The third-order valence-corrected chi connectivity index (χ3v) is 12.7. The molecule has 14 nitrogen and oxygen atoms in total. The summed E-state index contributed by atoms with van der Waals surface area (Å²) in [5, 5.41) is 7.44. The van der Waals surface area contributed by atoms with Crippen LogP contribution in [0.5, 0.6) is 11.5 Å². The highest BCUT2D eigenvalue weighted by atomic mass is 16.5. The van der Waals surface area contributed by atoms with Gasteiger partial charge in [-0.2, -0.15) is 0 Å². The molecule has 2 saturated heterocycles. The zero-order valence-electron chi connectivity index (χ0n) is 33.6. The molecule has 2 N–H and O–H groups in total. The number of benzene rings is 2. The molecule has 14 heteroatoms. The van der Waals surface area contributed by atoms with Gasteiger partial charge in [0.25, 0.3) is 17.4 Å². The maximum Gasteiger partial charge on any atom is 0.262 e. The van der Waals surface area contributed by atoms with E-state index in [0.717, 1.165) is 96.0 Å². The Morgan fingerprint density at radius 3 is 2.34 bits per heavy atom. The van der Waals surface area contributed by atoms with Gasteiger partial charge in [0.1, 0.15) is 17.5 Å². The van der Waals surface area contributed by atoms with Crippen molar-refractivity contribution < 1.29 is 28.7 Å². The van der Waals surface area contributed by atoms with Crippen molar-refractivity contribution in [3.63, 3.8) is 0 Å². The fraction of sp³-hybridized carbons (Fsp3) is 0.455. The minimum Gasteiger partial charge on any atom is -0.496 e. The van der Waals surface area contributed by atoms with Crippen molar-refractivity contribution in [2.75, 3.05) is 52.3 Å². The number of hydrogen-bond donors (Lipinski definition) is 2. The number of rotatable bonds is 13. The molecule has 1 saturated carbocycles. The van der Waals surface area contributed by atoms with Crippen LogP contribution < -0.4 is 30.6 Å². The van der Waals surface area contributed by atoms with E-state index < -0.39 is 23.8 Å². The number of anilines is 1. The van der Waals surface area contributed by atoms with Crippen LogP contribution in [0, 0.1) is 5.41 Å². The molecular formula is C44H51N7O7. The third kappa shape index (κ3) is 7.35. The number of imide groups is 2. The van der Waals surface area contributed by atoms with Gasteiger partial charge in [-0.1, -0.05) is 0 Å². The van der Waals surface area contributed by atoms with Crippen LogP contribution in [-0.2, 0) is 23.2 Å². The molecule has 0 radical (unpaired) electrons. The maximum atomic E-state index is 13.3. The quantitative estimate of drug-likeness (QED) is 0.148. The Morgan fingerprint density at radius 1 is 0.914 bits per heavy atom. The molecule has 1 aliphatic carbocycles. The van der Waals surface area contributed by atoms with Crippen LogP contribution in [-0.4, -0.2) is 103 Å². The van der Waals surface area contributed by atoms with E-state index >= 15 is 0 Å². The van der Waals surface area contributed by atoms with Gasteiger partial charge in [0.2, 0.25) is 11.8 Å². The number of carbonyl (C=O) groups is 4. The first-order valence-electron chi connectivity index (χ1n) is 20.2. The van der Waals surface area contributed by atoms with Gasteiger partial charge in [-0.15, -0.1) is 0 Å². The molecule has 4 amide bonds. The summed E-state index contributed by atoms with van der Waals surface area (Å²) in [7, 11) is 7.21. The first-order valence-corrected chi connectivity index (χ1v) is 20.2. The van der Waals surface area contributed by atoms with Crippen LogP contribution in [0.15, 0.2) is 59.8 Å². The average molecular weight is 790 g/mol. The summed E-state index contributed by atoms with van der Waals surface area (Å²) in [6.07, 6.45) is 12.0. The number of piperidine rings is 2. The minimum absolute atomic E-state index is 0.0908. The van der Waals surface area contributed by atoms with Crippen molar-refractivity contribution in [2.24, 2.45) is 12.5 Å². The highest BCUT2D eigenvalue weighted by Gasteiger charge is 2.47. The second-order valence-corrected chi connectivity index (χ2v) is 16.4. The van der Waals surface area contributed by atoms with Crippen LogP contribution in [0.4, 0.5) is 5.69 Å². The SMILES string of the molecule is COc1cc(-c2cn(C)c(=O)c3cnccc23)cc(OC)c1CN(C)CCCCNC1CC2(CCN(c3ccc4c(c3)C(=O)N(C3CCC(=O)NC3=O)C4=O)CC2)C1. The largest absolute Gasteiger partial charge is 0.496 e. The van der Waals surface area contributed by atoms with Crippen molar-refractivity contribution >= 4 is 40.1 Å². The molecule has 1 atom stereocenters. The number of methoxy groups -OCH3 is 2. The van der Waals surface area contributed by atoms with E-state index in [1.54, 1.807) is 50.4 Å². The van der Waals surface area contributed by atoms with Crippen molar-refractivity contribution in [1.29, 1.82) is 0 Å². The monoisotopic (exact) mass is 789 g/mol. The summed E-state index contributed by atoms with van der Waals surface area (Å²) in [5.41, 5.74) is 4.59. The molecular weight excluding hydrogens is 739 g/mol. The number of aryl methyl sites for hydroxylation is 1. The molecule has 58 heavy (non-hydrogen) atoms. The van der Waals surface area contributed by atoms with Crippen LogP contribution in [0.25, 0.3) is 21.9 Å². The summed E-state index contributed by atoms with van der Waals surface area (Å²) in [6, 6.07) is 10.9. The van der Waals surface area contributed by atoms with E-state index in [2.05, 4.69) is 32.5 Å². The first-order chi connectivity index (χ1) is 28.0. The maximum absolute atomic E-state index is 13.3. The summed E-state index contributed by atoms with van der Waals surface area (Å²) >= 11 is 0. The van der Waals surface area contributed by atoms with Gasteiger partial charge >= 0.3 is 0 Å². The van der Waals surface area contributed by atoms with Gasteiger partial charge in [-0.05, 0) is 118 Å². The zero-order chi connectivity index (χ0) is 40.7. The third-order valence-electron chi connectivity index (χ3n) is 12.7. The van der Waals surface area contributed by atoms with E-state index in [1.165, 1.54) is 12.8 Å². The predicted octanol–water partition coefficient (Wildman–Crippen LogP) is 4.27. The molecule has 4 aromatic rings. The Balaban J connectivity index is 0.785. The lowest BCUT2D eigenvalue weighted by Crippen LogP contribution is -2.54. The topological polar surface area (TPSA) is 155 Å². The average Bonchev–Trinajstić information content (AvgIpc) is 3.46. The van der Waals surface area contributed by atoms with Crippen molar-refractivity contribution in [3.05, 3.63) is 82.0 Å². The van der Waals surface area contributed by atoms with Crippen LogP contribution in [0.3, 0.4) is 0 Å². The molecule has 2 aromatic heterocycles. The smallest absolute Gasteiger partial charge is 0.262 e. The molecule has 1 spiro atoms. The van der Waals surface area contributed by atoms with Gasteiger partial charge in [0.05, 0.1) is 36.3 Å². The number of unbranched alkanes of at least 4 members (excludes halogenated alkanes) is 1. The van der Waals surface area contributed by atoms with E-state index in [1.807, 2.05) is 30.5 Å². The number of carbonyl (C=O) groups excluding carboxylic acids is 4. The molecule has 3 fully saturated rings. The Bertz CT molecular complexity index is 2320. The van der Waals surface area contributed by atoms with Crippen molar-refractivity contribution in [1.82, 2.24) is 30.0 Å². The van der Waals surface area contributed by atoms with E-state index in [-0.39, 0.29) is 24.3 Å². The number of amides is 4. The molecule has 2 aromatic carbocycles. The number of nitrogens with one attached hydrogen (secondary N) is 2. The molecule has 0 bridgehead atoms.